The zero-order valence-corrected chi connectivity index (χ0v) is 16.1. The molecule has 1 aliphatic carbocycles. The third kappa shape index (κ3) is 2.99. The summed E-state index contributed by atoms with van der Waals surface area (Å²) in [4.78, 5) is 13.3. The summed E-state index contributed by atoms with van der Waals surface area (Å²) in [7, 11) is 2.04. The molecule has 144 valence electrons. The molecule has 4 aromatic heterocycles. The Morgan fingerprint density at radius 2 is 1.79 bits per heavy atom. The first-order valence-electron chi connectivity index (χ1n) is 9.79. The van der Waals surface area contributed by atoms with Gasteiger partial charge in [0.15, 0.2) is 0 Å². The Bertz CT molecular complexity index is 1120. The van der Waals surface area contributed by atoms with E-state index in [1.54, 1.807) is 0 Å². The van der Waals surface area contributed by atoms with Crippen molar-refractivity contribution in [2.45, 2.75) is 44.7 Å². The van der Waals surface area contributed by atoms with Gasteiger partial charge in [-0.15, -0.1) is 5.10 Å². The third-order valence-electron chi connectivity index (χ3n) is 5.75. The van der Waals surface area contributed by atoms with E-state index in [0.29, 0.717) is 23.8 Å². The Hall–Kier alpha value is -3.00. The van der Waals surface area contributed by atoms with Crippen molar-refractivity contribution in [2.75, 3.05) is 12.4 Å². The zero-order chi connectivity index (χ0) is 19.1. The normalized spacial score (nSPS) is 20.1. The molecule has 0 aromatic carbocycles. The Kier molecular flexibility index (Phi) is 4.20. The quantitative estimate of drug-likeness (QED) is 0.570. The number of hydrogen-bond acceptors (Lipinski definition) is 6. The van der Waals surface area contributed by atoms with E-state index in [-0.39, 0.29) is 0 Å². The van der Waals surface area contributed by atoms with Crippen LogP contribution in [-0.4, -0.2) is 48.1 Å². The molecular formula is C20H24N8. The Morgan fingerprint density at radius 1 is 1.00 bits per heavy atom. The van der Waals surface area contributed by atoms with E-state index in [9.17, 15) is 0 Å². The van der Waals surface area contributed by atoms with Gasteiger partial charge in [-0.25, -0.2) is 19.5 Å². The molecule has 0 aliphatic heterocycles. The van der Waals surface area contributed by atoms with Gasteiger partial charge in [-0.2, -0.15) is 0 Å². The lowest BCUT2D eigenvalue weighted by Gasteiger charge is -2.28. The van der Waals surface area contributed by atoms with Gasteiger partial charge in [0.25, 0.3) is 0 Å². The Morgan fingerprint density at radius 3 is 2.61 bits per heavy atom. The number of anilines is 1. The summed E-state index contributed by atoms with van der Waals surface area (Å²) in [6.45, 7) is 2.02. The molecule has 0 bridgehead atoms. The first-order valence-corrected chi connectivity index (χ1v) is 9.79. The number of rotatable bonds is 4. The molecular weight excluding hydrogens is 352 g/mol. The van der Waals surface area contributed by atoms with Gasteiger partial charge in [-0.1, -0.05) is 0 Å². The fourth-order valence-corrected chi connectivity index (χ4v) is 4.05. The average molecular weight is 376 g/mol. The topological polar surface area (TPSA) is 84.4 Å². The van der Waals surface area contributed by atoms with Crippen molar-refractivity contribution in [3.8, 4) is 11.1 Å². The van der Waals surface area contributed by atoms with Crippen LogP contribution in [0.2, 0.25) is 0 Å². The van der Waals surface area contributed by atoms with Gasteiger partial charge in [0, 0.05) is 47.5 Å². The van der Waals surface area contributed by atoms with Crippen molar-refractivity contribution < 1.29 is 0 Å². The molecule has 1 aliphatic rings. The molecule has 4 heterocycles. The minimum absolute atomic E-state index is 0.438. The van der Waals surface area contributed by atoms with Crippen LogP contribution >= 0.6 is 0 Å². The summed E-state index contributed by atoms with van der Waals surface area (Å²) in [5.41, 5.74) is 4.10. The predicted molar refractivity (Wildman–Crippen MR) is 108 cm³/mol. The molecule has 28 heavy (non-hydrogen) atoms. The van der Waals surface area contributed by atoms with Crippen LogP contribution in [-0.2, 0) is 0 Å². The van der Waals surface area contributed by atoms with E-state index in [1.165, 1.54) is 12.8 Å². The first kappa shape index (κ1) is 17.1. The number of aryl methyl sites for hydroxylation is 1. The highest BCUT2D eigenvalue weighted by atomic mass is 15.3. The molecule has 8 nitrogen and oxygen atoms in total. The molecule has 5 rings (SSSR count). The monoisotopic (exact) mass is 376 g/mol. The smallest absolute Gasteiger partial charge is 0.241 e. The van der Waals surface area contributed by atoms with Crippen LogP contribution in [0.1, 0.15) is 31.4 Å². The molecule has 0 radical (unpaired) electrons. The van der Waals surface area contributed by atoms with Crippen molar-refractivity contribution in [3.63, 3.8) is 0 Å². The summed E-state index contributed by atoms with van der Waals surface area (Å²) >= 11 is 0. The second-order valence-electron chi connectivity index (χ2n) is 7.53. The minimum Gasteiger partial charge on any atom is -0.350 e. The van der Waals surface area contributed by atoms with Crippen LogP contribution < -0.4 is 10.6 Å². The van der Waals surface area contributed by atoms with Gasteiger partial charge in [0.1, 0.15) is 0 Å². The van der Waals surface area contributed by atoms with Gasteiger partial charge in [0.05, 0.1) is 17.9 Å². The number of nitrogens with zero attached hydrogens (tertiary/aromatic N) is 6. The summed E-state index contributed by atoms with van der Waals surface area (Å²) in [6.07, 6.45) is 14.3. The van der Waals surface area contributed by atoms with Gasteiger partial charge < -0.3 is 10.6 Å². The van der Waals surface area contributed by atoms with Crippen LogP contribution in [0.5, 0.6) is 0 Å². The van der Waals surface area contributed by atoms with Crippen molar-refractivity contribution in [3.05, 3.63) is 42.7 Å². The maximum atomic E-state index is 4.66. The molecule has 8 heteroatoms. The van der Waals surface area contributed by atoms with Crippen LogP contribution in [0.4, 0.5) is 5.95 Å². The van der Waals surface area contributed by atoms with Crippen LogP contribution in [0.15, 0.2) is 37.1 Å². The van der Waals surface area contributed by atoms with Crippen LogP contribution in [0, 0.1) is 6.92 Å². The van der Waals surface area contributed by atoms with Gasteiger partial charge in [0.2, 0.25) is 11.7 Å². The predicted octanol–water partition coefficient (Wildman–Crippen LogP) is 2.69. The SMILES string of the molecule is CN[C@H]1CC[C@@H](Nc2ncc3c(-c4cnc5ncc(C)n5c4)ccn3n2)CC1. The third-order valence-corrected chi connectivity index (χ3v) is 5.75. The molecule has 0 spiro atoms. The van der Waals surface area contributed by atoms with Crippen molar-refractivity contribution in [1.29, 1.82) is 0 Å². The van der Waals surface area contributed by atoms with E-state index >= 15 is 0 Å². The molecule has 0 amide bonds. The maximum absolute atomic E-state index is 4.66. The molecule has 0 atom stereocenters. The number of fused-ring (bicyclic) bond motifs is 2. The summed E-state index contributed by atoms with van der Waals surface area (Å²) < 4.78 is 3.88. The average Bonchev–Trinajstić information content (AvgIpc) is 3.32. The highest BCUT2D eigenvalue weighted by Crippen LogP contribution is 2.26. The number of imidazole rings is 1. The van der Waals surface area contributed by atoms with Gasteiger partial charge in [-0.05, 0) is 45.7 Å². The molecule has 0 unspecified atom stereocenters. The Balaban J connectivity index is 1.41. The largest absolute Gasteiger partial charge is 0.350 e. The number of nitrogens with one attached hydrogen (secondary N) is 2. The van der Waals surface area contributed by atoms with E-state index in [1.807, 2.05) is 47.7 Å². The van der Waals surface area contributed by atoms with E-state index in [2.05, 4.69) is 42.9 Å². The van der Waals surface area contributed by atoms with Crippen molar-refractivity contribution in [1.82, 2.24) is 34.3 Å². The lowest BCUT2D eigenvalue weighted by Crippen LogP contribution is -2.35. The fourth-order valence-electron chi connectivity index (χ4n) is 4.05. The maximum Gasteiger partial charge on any atom is 0.241 e. The highest BCUT2D eigenvalue weighted by molar-refractivity contribution is 5.79. The van der Waals surface area contributed by atoms with Gasteiger partial charge >= 0.3 is 0 Å². The number of aromatic nitrogens is 6. The minimum atomic E-state index is 0.438. The summed E-state index contributed by atoms with van der Waals surface area (Å²) in [5, 5.41) is 11.5. The zero-order valence-electron chi connectivity index (χ0n) is 16.1. The standard InChI is InChI=1S/C20H24N8/c1-13-9-23-20-24-10-14(12-27(13)20)17-7-8-28-18(17)11-22-19(26-28)25-16-5-3-15(21-2)4-6-16/h7-12,15-16,21H,3-6H2,1-2H3,(H,25,26)/t15-,16+. The highest BCUT2D eigenvalue weighted by Gasteiger charge is 2.20. The molecule has 0 saturated heterocycles. The van der Waals surface area contributed by atoms with Crippen LogP contribution in [0.3, 0.4) is 0 Å². The van der Waals surface area contributed by atoms with E-state index in [0.717, 1.165) is 35.2 Å². The summed E-state index contributed by atoms with van der Waals surface area (Å²) in [5.74, 6) is 1.39. The molecule has 2 N–H and O–H groups in total. The van der Waals surface area contributed by atoms with E-state index in [4.69, 9.17) is 0 Å². The lowest BCUT2D eigenvalue weighted by molar-refractivity contribution is 0.370. The first-order chi connectivity index (χ1) is 13.7. The lowest BCUT2D eigenvalue weighted by atomic mass is 9.91. The summed E-state index contributed by atoms with van der Waals surface area (Å²) in [6, 6.07) is 3.13. The number of hydrogen-bond donors (Lipinski definition) is 2. The second kappa shape index (κ2) is 6.87. The van der Waals surface area contributed by atoms with E-state index < -0.39 is 0 Å². The molecule has 1 fully saturated rings. The fraction of sp³-hybridized carbons (Fsp3) is 0.400. The molecule has 1 saturated carbocycles. The molecule has 4 aromatic rings. The second-order valence-corrected chi connectivity index (χ2v) is 7.53. The van der Waals surface area contributed by atoms with Crippen LogP contribution in [0.25, 0.3) is 22.4 Å². The van der Waals surface area contributed by atoms with Crippen molar-refractivity contribution >= 4 is 17.2 Å². The van der Waals surface area contributed by atoms with Gasteiger partial charge in [-0.3, -0.25) is 4.40 Å². The van der Waals surface area contributed by atoms with Crippen molar-refractivity contribution in [2.24, 2.45) is 0 Å². The Labute approximate surface area is 163 Å².